The Balaban J connectivity index is 2.84. The van der Waals surface area contributed by atoms with Crippen LogP contribution in [0.3, 0.4) is 0 Å². The van der Waals surface area contributed by atoms with Crippen LogP contribution in [0.1, 0.15) is 19.4 Å². The van der Waals surface area contributed by atoms with Crippen molar-refractivity contribution < 1.29 is 4.74 Å². The number of hydrogen-bond acceptors (Lipinski definition) is 3. The zero-order valence-corrected chi connectivity index (χ0v) is 9.92. The van der Waals surface area contributed by atoms with Gasteiger partial charge >= 0.3 is 0 Å². The molecule has 0 aliphatic rings. The van der Waals surface area contributed by atoms with Gasteiger partial charge in [0.25, 0.3) is 0 Å². The number of aryl methyl sites for hydroxylation is 1. The van der Waals surface area contributed by atoms with E-state index in [4.69, 9.17) is 10.5 Å². The number of nitrogens with two attached hydrogens (primary N) is 1. The first kappa shape index (κ1) is 11.9. The second-order valence-electron chi connectivity index (χ2n) is 4.40. The van der Waals surface area contributed by atoms with Gasteiger partial charge in [0.1, 0.15) is 5.75 Å². The van der Waals surface area contributed by atoms with Gasteiger partial charge in [-0.15, -0.1) is 0 Å². The monoisotopic (exact) mass is 208 g/mol. The average Bonchev–Trinajstić information content (AvgIpc) is 2.17. The average molecular weight is 208 g/mol. The molecule has 84 valence electrons. The molecule has 0 atom stereocenters. The van der Waals surface area contributed by atoms with Crippen molar-refractivity contribution in [1.29, 1.82) is 0 Å². The minimum absolute atomic E-state index is 0.0823. The van der Waals surface area contributed by atoms with E-state index in [0.29, 0.717) is 6.54 Å². The fraction of sp³-hybridized carbons (Fsp3) is 0.500. The van der Waals surface area contributed by atoms with Crippen molar-refractivity contribution in [3.63, 3.8) is 0 Å². The van der Waals surface area contributed by atoms with E-state index in [1.54, 1.807) is 7.11 Å². The van der Waals surface area contributed by atoms with Gasteiger partial charge in [-0.1, -0.05) is 0 Å². The van der Waals surface area contributed by atoms with E-state index < -0.39 is 0 Å². The van der Waals surface area contributed by atoms with E-state index in [1.807, 2.05) is 19.1 Å². The molecule has 0 bridgehead atoms. The van der Waals surface area contributed by atoms with Crippen molar-refractivity contribution in [2.45, 2.75) is 26.3 Å². The van der Waals surface area contributed by atoms with Gasteiger partial charge in [0.05, 0.1) is 7.11 Å². The van der Waals surface area contributed by atoms with E-state index in [9.17, 15) is 0 Å². The Morgan fingerprint density at radius 2 is 2.07 bits per heavy atom. The molecular formula is C12H20N2O. The van der Waals surface area contributed by atoms with Crippen LogP contribution in [0.25, 0.3) is 0 Å². The lowest BCUT2D eigenvalue weighted by molar-refractivity contribution is 0.411. The summed E-state index contributed by atoms with van der Waals surface area (Å²) >= 11 is 0. The Bertz CT molecular complexity index is 334. The van der Waals surface area contributed by atoms with Crippen LogP contribution >= 0.6 is 0 Å². The van der Waals surface area contributed by atoms with Crippen LogP contribution < -0.4 is 15.8 Å². The van der Waals surface area contributed by atoms with Gasteiger partial charge in [-0.25, -0.2) is 0 Å². The van der Waals surface area contributed by atoms with E-state index in [2.05, 4.69) is 25.2 Å². The predicted molar refractivity (Wildman–Crippen MR) is 64.5 cm³/mol. The molecule has 0 saturated heterocycles. The molecule has 15 heavy (non-hydrogen) atoms. The van der Waals surface area contributed by atoms with Crippen molar-refractivity contribution in [3.8, 4) is 5.75 Å². The molecule has 1 aromatic rings. The van der Waals surface area contributed by atoms with Gasteiger partial charge in [-0.3, -0.25) is 0 Å². The smallest absolute Gasteiger partial charge is 0.121 e. The summed E-state index contributed by atoms with van der Waals surface area (Å²) in [6, 6.07) is 6.03. The van der Waals surface area contributed by atoms with Crippen LogP contribution in [0.4, 0.5) is 5.69 Å². The molecule has 0 amide bonds. The highest BCUT2D eigenvalue weighted by Gasteiger charge is 2.14. The lowest BCUT2D eigenvalue weighted by Crippen LogP contribution is -2.39. The van der Waals surface area contributed by atoms with Crippen LogP contribution in [-0.4, -0.2) is 19.2 Å². The molecule has 0 aliphatic heterocycles. The van der Waals surface area contributed by atoms with Crippen molar-refractivity contribution in [1.82, 2.24) is 0 Å². The van der Waals surface area contributed by atoms with Gasteiger partial charge in [-0.05, 0) is 44.5 Å². The standard InChI is InChI=1S/C12H20N2O/c1-9-7-10(5-6-11(9)15-4)14-12(2,3)8-13/h5-7,14H,8,13H2,1-4H3. The molecule has 0 spiro atoms. The van der Waals surface area contributed by atoms with E-state index in [0.717, 1.165) is 17.0 Å². The molecular weight excluding hydrogens is 188 g/mol. The number of nitrogens with one attached hydrogen (secondary N) is 1. The highest BCUT2D eigenvalue weighted by atomic mass is 16.5. The summed E-state index contributed by atoms with van der Waals surface area (Å²) < 4.78 is 5.20. The normalized spacial score (nSPS) is 11.3. The van der Waals surface area contributed by atoms with Crippen molar-refractivity contribution in [3.05, 3.63) is 23.8 Å². The highest BCUT2D eigenvalue weighted by Crippen LogP contribution is 2.23. The third kappa shape index (κ3) is 3.13. The molecule has 1 aromatic carbocycles. The maximum absolute atomic E-state index is 5.66. The maximum atomic E-state index is 5.66. The van der Waals surface area contributed by atoms with Crippen molar-refractivity contribution in [2.24, 2.45) is 5.73 Å². The number of ether oxygens (including phenoxy) is 1. The third-order valence-electron chi connectivity index (χ3n) is 2.39. The summed E-state index contributed by atoms with van der Waals surface area (Å²) in [6.45, 7) is 6.77. The predicted octanol–water partition coefficient (Wildman–Crippen LogP) is 2.15. The maximum Gasteiger partial charge on any atom is 0.121 e. The molecule has 1 rings (SSSR count). The summed E-state index contributed by atoms with van der Waals surface area (Å²) in [5.74, 6) is 0.908. The van der Waals surface area contributed by atoms with Crippen LogP contribution in [0.15, 0.2) is 18.2 Å². The van der Waals surface area contributed by atoms with Gasteiger partial charge in [0.2, 0.25) is 0 Å². The van der Waals surface area contributed by atoms with E-state index in [1.165, 1.54) is 0 Å². The van der Waals surface area contributed by atoms with Gasteiger partial charge < -0.3 is 15.8 Å². The highest BCUT2D eigenvalue weighted by molar-refractivity contribution is 5.52. The first-order chi connectivity index (χ1) is 6.98. The second-order valence-corrected chi connectivity index (χ2v) is 4.40. The number of methoxy groups -OCH3 is 1. The largest absolute Gasteiger partial charge is 0.496 e. The minimum atomic E-state index is -0.0823. The van der Waals surface area contributed by atoms with E-state index in [-0.39, 0.29) is 5.54 Å². The third-order valence-corrected chi connectivity index (χ3v) is 2.39. The number of benzene rings is 1. The summed E-state index contributed by atoms with van der Waals surface area (Å²) in [4.78, 5) is 0. The zero-order chi connectivity index (χ0) is 11.5. The van der Waals surface area contributed by atoms with Crippen LogP contribution in [-0.2, 0) is 0 Å². The van der Waals surface area contributed by atoms with Crippen LogP contribution in [0, 0.1) is 6.92 Å². The molecule has 0 unspecified atom stereocenters. The Kier molecular flexibility index (Phi) is 3.58. The van der Waals surface area contributed by atoms with Crippen LogP contribution in [0.5, 0.6) is 5.75 Å². The van der Waals surface area contributed by atoms with Crippen LogP contribution in [0.2, 0.25) is 0 Å². The zero-order valence-electron chi connectivity index (χ0n) is 9.92. The number of anilines is 1. The van der Waals surface area contributed by atoms with Crippen molar-refractivity contribution >= 4 is 5.69 Å². The van der Waals surface area contributed by atoms with Gasteiger partial charge in [0, 0.05) is 17.8 Å². The van der Waals surface area contributed by atoms with Gasteiger partial charge in [-0.2, -0.15) is 0 Å². The second kappa shape index (κ2) is 4.53. The fourth-order valence-corrected chi connectivity index (χ4v) is 1.40. The molecule has 3 heteroatoms. The number of hydrogen-bond donors (Lipinski definition) is 2. The summed E-state index contributed by atoms with van der Waals surface area (Å²) in [5.41, 5.74) is 7.77. The molecule has 3 nitrogen and oxygen atoms in total. The van der Waals surface area contributed by atoms with Gasteiger partial charge in [0.15, 0.2) is 0 Å². The summed E-state index contributed by atoms with van der Waals surface area (Å²) in [6.07, 6.45) is 0. The lowest BCUT2D eigenvalue weighted by atomic mass is 10.1. The molecule has 0 heterocycles. The molecule has 0 fully saturated rings. The summed E-state index contributed by atoms with van der Waals surface area (Å²) in [5, 5.41) is 3.38. The molecule has 0 radical (unpaired) electrons. The first-order valence-corrected chi connectivity index (χ1v) is 5.11. The SMILES string of the molecule is COc1ccc(NC(C)(C)CN)cc1C. The minimum Gasteiger partial charge on any atom is -0.496 e. The molecule has 0 aliphatic carbocycles. The Morgan fingerprint density at radius 1 is 1.40 bits per heavy atom. The Hall–Kier alpha value is -1.22. The quantitative estimate of drug-likeness (QED) is 0.797. The molecule has 0 saturated carbocycles. The summed E-state index contributed by atoms with van der Waals surface area (Å²) in [7, 11) is 1.68. The van der Waals surface area contributed by atoms with Crippen molar-refractivity contribution in [2.75, 3.05) is 19.0 Å². The Morgan fingerprint density at radius 3 is 2.53 bits per heavy atom. The first-order valence-electron chi connectivity index (χ1n) is 5.11. The Labute approximate surface area is 91.6 Å². The molecule has 0 aromatic heterocycles. The number of rotatable bonds is 4. The fourth-order valence-electron chi connectivity index (χ4n) is 1.40. The van der Waals surface area contributed by atoms with E-state index >= 15 is 0 Å². The molecule has 3 N–H and O–H groups in total. The lowest BCUT2D eigenvalue weighted by Gasteiger charge is -2.26. The topological polar surface area (TPSA) is 47.3 Å².